The summed E-state index contributed by atoms with van der Waals surface area (Å²) in [7, 11) is 0. The van der Waals surface area contributed by atoms with Gasteiger partial charge in [0, 0.05) is 16.7 Å². The fourth-order valence-electron chi connectivity index (χ4n) is 7.91. The number of hydrogen-bond acceptors (Lipinski definition) is 2. The quantitative estimate of drug-likeness (QED) is 0.129. The largest absolute Gasteiger partial charge is 0.228 e. The molecule has 10 rings (SSSR count). The molecule has 0 spiro atoms. The number of benzene rings is 9. The van der Waals surface area contributed by atoms with Crippen molar-refractivity contribution in [1.82, 2.24) is 9.97 Å². The molecule has 1 aromatic heterocycles. The van der Waals surface area contributed by atoms with E-state index in [4.69, 9.17) is 9.97 Å². The van der Waals surface area contributed by atoms with Crippen molar-refractivity contribution in [3.63, 3.8) is 0 Å². The third-order valence-corrected chi connectivity index (χ3v) is 10.5. The van der Waals surface area contributed by atoms with E-state index in [-0.39, 0.29) is 0 Å². The number of fused-ring (bicyclic) bond motifs is 4. The zero-order valence-electron chi connectivity index (χ0n) is 29.5. The Bertz CT molecular complexity index is 2970. The molecular weight excluding hydrogens is 653 g/mol. The first kappa shape index (κ1) is 31.6. The van der Waals surface area contributed by atoms with E-state index in [1.807, 2.05) is 6.07 Å². The van der Waals surface area contributed by atoms with Crippen molar-refractivity contribution in [1.29, 1.82) is 0 Å². The molecule has 0 amide bonds. The Hall–Kier alpha value is -7.16. The molecule has 2 heteroatoms. The second kappa shape index (κ2) is 13.4. The summed E-state index contributed by atoms with van der Waals surface area (Å²) in [5.74, 6) is 0.691. The van der Waals surface area contributed by atoms with Crippen molar-refractivity contribution in [3.8, 4) is 67.3 Å². The molecule has 0 aliphatic heterocycles. The fraction of sp³-hybridized carbons (Fsp3) is 0. The van der Waals surface area contributed by atoms with Crippen LogP contribution >= 0.6 is 0 Å². The summed E-state index contributed by atoms with van der Waals surface area (Å²) in [5.41, 5.74) is 11.8. The molecule has 0 saturated carbocycles. The molecule has 0 radical (unpaired) electrons. The predicted molar refractivity (Wildman–Crippen MR) is 227 cm³/mol. The third-order valence-electron chi connectivity index (χ3n) is 10.5. The van der Waals surface area contributed by atoms with E-state index in [0.29, 0.717) is 5.82 Å². The van der Waals surface area contributed by atoms with Gasteiger partial charge in [0.2, 0.25) is 0 Å². The second-order valence-electron chi connectivity index (χ2n) is 13.7. The lowest BCUT2D eigenvalue weighted by atomic mass is 9.87. The molecule has 1 heterocycles. The Morgan fingerprint density at radius 2 is 0.833 bits per heavy atom. The van der Waals surface area contributed by atoms with Crippen molar-refractivity contribution < 1.29 is 0 Å². The zero-order valence-corrected chi connectivity index (χ0v) is 29.5. The highest BCUT2D eigenvalue weighted by Crippen LogP contribution is 2.44. The molecule has 0 unspecified atom stereocenters. The highest BCUT2D eigenvalue weighted by molar-refractivity contribution is 6.21. The van der Waals surface area contributed by atoms with Gasteiger partial charge in [-0.3, -0.25) is 0 Å². The van der Waals surface area contributed by atoms with E-state index in [1.165, 1.54) is 37.9 Å². The first-order valence-corrected chi connectivity index (χ1v) is 18.4. The molecule has 0 atom stereocenters. The number of rotatable bonds is 6. The summed E-state index contributed by atoms with van der Waals surface area (Å²) in [6, 6.07) is 73.5. The first-order valence-electron chi connectivity index (χ1n) is 18.4. The van der Waals surface area contributed by atoms with Gasteiger partial charge < -0.3 is 0 Å². The average molecular weight is 687 g/mol. The van der Waals surface area contributed by atoms with Crippen LogP contribution in [0.2, 0.25) is 0 Å². The maximum Gasteiger partial charge on any atom is 0.160 e. The summed E-state index contributed by atoms with van der Waals surface area (Å²) in [5, 5.41) is 7.38. The molecule has 0 fully saturated rings. The maximum atomic E-state index is 5.37. The van der Waals surface area contributed by atoms with E-state index in [1.54, 1.807) is 0 Å². The highest BCUT2D eigenvalue weighted by Gasteiger charge is 2.20. The lowest BCUT2D eigenvalue weighted by Crippen LogP contribution is -1.98. The van der Waals surface area contributed by atoms with E-state index >= 15 is 0 Å². The number of nitrogens with zero attached hydrogens (tertiary/aromatic N) is 2. The maximum absolute atomic E-state index is 5.37. The second-order valence-corrected chi connectivity index (χ2v) is 13.7. The minimum atomic E-state index is 0.691. The minimum absolute atomic E-state index is 0.691. The molecule has 0 aliphatic rings. The van der Waals surface area contributed by atoms with Crippen LogP contribution in [0.15, 0.2) is 206 Å². The Labute approximate surface area is 314 Å². The Kier molecular flexibility index (Phi) is 7.85. The first-order chi connectivity index (χ1) is 26.8. The van der Waals surface area contributed by atoms with E-state index in [2.05, 4.69) is 200 Å². The van der Waals surface area contributed by atoms with Crippen molar-refractivity contribution in [2.75, 3.05) is 0 Å². The molecule has 9 aromatic carbocycles. The lowest BCUT2D eigenvalue weighted by molar-refractivity contribution is 1.18. The van der Waals surface area contributed by atoms with Gasteiger partial charge in [-0.05, 0) is 83.9 Å². The van der Waals surface area contributed by atoms with Crippen molar-refractivity contribution in [2.24, 2.45) is 0 Å². The molecule has 0 bridgehead atoms. The van der Waals surface area contributed by atoms with Crippen LogP contribution in [0.3, 0.4) is 0 Å². The highest BCUT2D eigenvalue weighted by atomic mass is 14.9. The van der Waals surface area contributed by atoms with Crippen LogP contribution in [-0.4, -0.2) is 9.97 Å². The zero-order chi connectivity index (χ0) is 35.8. The van der Waals surface area contributed by atoms with Gasteiger partial charge in [-0.25, -0.2) is 9.97 Å². The molecule has 10 aromatic rings. The smallest absolute Gasteiger partial charge is 0.160 e. The van der Waals surface area contributed by atoms with E-state index < -0.39 is 0 Å². The van der Waals surface area contributed by atoms with Gasteiger partial charge in [0.05, 0.1) is 11.4 Å². The van der Waals surface area contributed by atoms with Crippen LogP contribution in [0.1, 0.15) is 0 Å². The lowest BCUT2D eigenvalue weighted by Gasteiger charge is -2.18. The monoisotopic (exact) mass is 686 g/mol. The molecule has 0 N–H and O–H groups in total. The Morgan fingerprint density at radius 3 is 1.57 bits per heavy atom. The summed E-state index contributed by atoms with van der Waals surface area (Å²) < 4.78 is 0. The molecule has 54 heavy (non-hydrogen) atoms. The Balaban J connectivity index is 1.26. The van der Waals surface area contributed by atoms with Gasteiger partial charge in [-0.1, -0.05) is 188 Å². The van der Waals surface area contributed by atoms with Crippen LogP contribution in [0.5, 0.6) is 0 Å². The summed E-state index contributed by atoms with van der Waals surface area (Å²) in [4.78, 5) is 10.7. The Morgan fingerprint density at radius 1 is 0.259 bits per heavy atom. The molecule has 0 aliphatic carbocycles. The molecule has 0 saturated heterocycles. The van der Waals surface area contributed by atoms with Crippen LogP contribution in [0.4, 0.5) is 0 Å². The molecular formula is C52H34N2. The van der Waals surface area contributed by atoms with Crippen molar-refractivity contribution in [2.45, 2.75) is 0 Å². The number of aromatic nitrogens is 2. The minimum Gasteiger partial charge on any atom is -0.228 e. The summed E-state index contributed by atoms with van der Waals surface area (Å²) in [6.07, 6.45) is 0. The van der Waals surface area contributed by atoms with Crippen LogP contribution in [-0.2, 0) is 0 Å². The van der Waals surface area contributed by atoms with Gasteiger partial charge in [-0.2, -0.15) is 0 Å². The van der Waals surface area contributed by atoms with Crippen LogP contribution in [0, 0.1) is 0 Å². The normalized spacial score (nSPS) is 11.3. The van der Waals surface area contributed by atoms with Crippen LogP contribution in [0.25, 0.3) is 99.6 Å². The van der Waals surface area contributed by atoms with Gasteiger partial charge in [0.1, 0.15) is 0 Å². The average Bonchev–Trinajstić information content (AvgIpc) is 3.26. The molecule has 252 valence electrons. The van der Waals surface area contributed by atoms with Gasteiger partial charge >= 0.3 is 0 Å². The fourth-order valence-corrected chi connectivity index (χ4v) is 7.91. The van der Waals surface area contributed by atoms with Gasteiger partial charge in [0.15, 0.2) is 5.82 Å². The molecule has 2 nitrogen and oxygen atoms in total. The van der Waals surface area contributed by atoms with Gasteiger partial charge in [0.25, 0.3) is 0 Å². The third kappa shape index (κ3) is 5.62. The van der Waals surface area contributed by atoms with Crippen LogP contribution < -0.4 is 0 Å². The summed E-state index contributed by atoms with van der Waals surface area (Å²) in [6.45, 7) is 0. The topological polar surface area (TPSA) is 25.8 Å². The predicted octanol–water partition coefficient (Wildman–Crippen LogP) is 13.9. The van der Waals surface area contributed by atoms with Crippen molar-refractivity contribution >= 4 is 32.3 Å². The van der Waals surface area contributed by atoms with Gasteiger partial charge in [-0.15, -0.1) is 0 Å². The SMILES string of the molecule is c1ccc(-c2ccc(-c3ccccc3)c(-c3cc(-c4ccccc4-c4c5ccccc5cc5c4ccc4ccccc45)nc(-c4ccccc4)n3)c2)cc1. The standard InChI is InChI=1S/C52H34N2/c1-4-16-35(17-5-1)39-29-30-42(36-18-6-2-7-19-36)48(32-39)50-34-49(53-52(54-50)38-21-8-3-9-22-38)44-26-14-15-27-45(44)51-43-25-13-11-23-40(43)33-47-41-24-12-10-20-37(41)28-31-46(47)51/h1-34H. The van der Waals surface area contributed by atoms with E-state index in [0.717, 1.165) is 55.9 Å². The van der Waals surface area contributed by atoms with E-state index in [9.17, 15) is 0 Å². The van der Waals surface area contributed by atoms with Crippen molar-refractivity contribution in [3.05, 3.63) is 206 Å². The summed E-state index contributed by atoms with van der Waals surface area (Å²) >= 11 is 0. The number of hydrogen-bond donors (Lipinski definition) is 0.